The molecular weight excluding hydrogens is 268 g/mol. The highest BCUT2D eigenvalue weighted by Gasteiger charge is 2.32. The fraction of sp³-hybridized carbons (Fsp3) is 0.500. The van der Waals surface area contributed by atoms with Gasteiger partial charge in [-0.25, -0.2) is 4.79 Å². The number of carboxylic acids is 1. The first-order chi connectivity index (χ1) is 9.92. The maximum Gasteiger partial charge on any atom is 0.326 e. The quantitative estimate of drug-likeness (QED) is 0.678. The van der Waals surface area contributed by atoms with E-state index in [4.69, 9.17) is 5.73 Å². The van der Waals surface area contributed by atoms with E-state index in [1.165, 1.54) is 0 Å². The molecule has 1 aromatic rings. The van der Waals surface area contributed by atoms with Crippen molar-refractivity contribution in [2.75, 3.05) is 6.54 Å². The van der Waals surface area contributed by atoms with Crippen molar-refractivity contribution in [1.29, 1.82) is 0 Å². The SMILES string of the molecule is CCC(C)(CN)C(=O)N[C@@H](CCc1ccccc1)C(=O)O. The maximum absolute atomic E-state index is 12.2. The molecule has 5 nitrogen and oxygen atoms in total. The maximum atomic E-state index is 12.2. The van der Waals surface area contributed by atoms with Crippen LogP contribution in [-0.2, 0) is 16.0 Å². The number of nitrogens with one attached hydrogen (secondary N) is 1. The Morgan fingerprint density at radius 3 is 2.43 bits per heavy atom. The lowest BCUT2D eigenvalue weighted by molar-refractivity contribution is -0.143. The number of hydrogen-bond acceptors (Lipinski definition) is 3. The van der Waals surface area contributed by atoms with E-state index in [2.05, 4.69) is 5.32 Å². The minimum atomic E-state index is -1.02. The van der Waals surface area contributed by atoms with Gasteiger partial charge in [0.2, 0.25) is 5.91 Å². The van der Waals surface area contributed by atoms with Crippen LogP contribution in [0, 0.1) is 5.41 Å². The highest BCUT2D eigenvalue weighted by Crippen LogP contribution is 2.19. The van der Waals surface area contributed by atoms with Gasteiger partial charge < -0.3 is 16.2 Å². The number of aryl methyl sites for hydroxylation is 1. The predicted octanol–water partition coefficient (Wildman–Crippen LogP) is 1.56. The minimum absolute atomic E-state index is 0.195. The van der Waals surface area contributed by atoms with Crippen molar-refractivity contribution in [3.8, 4) is 0 Å². The van der Waals surface area contributed by atoms with Crippen molar-refractivity contribution < 1.29 is 14.7 Å². The molecule has 0 heterocycles. The smallest absolute Gasteiger partial charge is 0.326 e. The van der Waals surface area contributed by atoms with Gasteiger partial charge in [-0.3, -0.25) is 4.79 Å². The fourth-order valence-electron chi connectivity index (χ4n) is 1.94. The van der Waals surface area contributed by atoms with Gasteiger partial charge in [0, 0.05) is 6.54 Å². The zero-order valence-electron chi connectivity index (χ0n) is 12.6. The van der Waals surface area contributed by atoms with Gasteiger partial charge in [0.1, 0.15) is 6.04 Å². The Labute approximate surface area is 125 Å². The number of carboxylic acid groups (broad SMARTS) is 1. The van der Waals surface area contributed by atoms with Crippen LogP contribution in [0.3, 0.4) is 0 Å². The summed E-state index contributed by atoms with van der Waals surface area (Å²) in [6.07, 6.45) is 1.53. The minimum Gasteiger partial charge on any atom is -0.480 e. The van der Waals surface area contributed by atoms with E-state index in [1.807, 2.05) is 37.3 Å². The summed E-state index contributed by atoms with van der Waals surface area (Å²) in [5, 5.41) is 11.9. The van der Waals surface area contributed by atoms with Crippen molar-refractivity contribution in [2.24, 2.45) is 11.1 Å². The van der Waals surface area contributed by atoms with Gasteiger partial charge >= 0.3 is 5.97 Å². The van der Waals surface area contributed by atoms with Crippen LogP contribution in [0.25, 0.3) is 0 Å². The fourth-order valence-corrected chi connectivity index (χ4v) is 1.94. The second-order valence-corrected chi connectivity index (χ2v) is 5.51. The zero-order chi connectivity index (χ0) is 15.9. The van der Waals surface area contributed by atoms with Crippen molar-refractivity contribution in [3.63, 3.8) is 0 Å². The molecular formula is C16H24N2O3. The highest BCUT2D eigenvalue weighted by atomic mass is 16.4. The number of hydrogen-bond donors (Lipinski definition) is 3. The Bertz CT molecular complexity index is 470. The third-order valence-electron chi connectivity index (χ3n) is 3.95. The van der Waals surface area contributed by atoms with Crippen LogP contribution in [-0.4, -0.2) is 29.6 Å². The van der Waals surface area contributed by atoms with Crippen LogP contribution in [0.2, 0.25) is 0 Å². The summed E-state index contributed by atoms with van der Waals surface area (Å²) >= 11 is 0. The lowest BCUT2D eigenvalue weighted by Gasteiger charge is -2.27. The average Bonchev–Trinajstić information content (AvgIpc) is 2.50. The summed E-state index contributed by atoms with van der Waals surface area (Å²) in [5.74, 6) is -1.32. The number of benzene rings is 1. The predicted molar refractivity (Wildman–Crippen MR) is 81.8 cm³/mol. The molecule has 0 saturated heterocycles. The molecule has 0 aliphatic carbocycles. The first-order valence-electron chi connectivity index (χ1n) is 7.20. The molecule has 2 atom stereocenters. The third-order valence-corrected chi connectivity index (χ3v) is 3.95. The molecule has 5 heteroatoms. The second-order valence-electron chi connectivity index (χ2n) is 5.51. The van der Waals surface area contributed by atoms with E-state index in [-0.39, 0.29) is 12.5 Å². The van der Waals surface area contributed by atoms with Gasteiger partial charge in [0.25, 0.3) is 0 Å². The summed E-state index contributed by atoms with van der Waals surface area (Å²) < 4.78 is 0. The molecule has 1 aromatic carbocycles. The Hall–Kier alpha value is -1.88. The number of aliphatic carboxylic acids is 1. The van der Waals surface area contributed by atoms with E-state index in [9.17, 15) is 14.7 Å². The molecule has 1 amide bonds. The highest BCUT2D eigenvalue weighted by molar-refractivity contribution is 5.87. The molecule has 0 fully saturated rings. The van der Waals surface area contributed by atoms with Gasteiger partial charge in [-0.15, -0.1) is 0 Å². The number of carbonyl (C=O) groups is 2. The summed E-state index contributed by atoms with van der Waals surface area (Å²) in [5.41, 5.74) is 5.96. The van der Waals surface area contributed by atoms with Crippen LogP contribution in [0.15, 0.2) is 30.3 Å². The molecule has 0 bridgehead atoms. The monoisotopic (exact) mass is 292 g/mol. The Morgan fingerprint density at radius 1 is 1.33 bits per heavy atom. The van der Waals surface area contributed by atoms with Gasteiger partial charge in [0.15, 0.2) is 0 Å². The van der Waals surface area contributed by atoms with Crippen LogP contribution < -0.4 is 11.1 Å². The number of nitrogens with two attached hydrogens (primary N) is 1. The van der Waals surface area contributed by atoms with Crippen molar-refractivity contribution in [3.05, 3.63) is 35.9 Å². The van der Waals surface area contributed by atoms with Crippen LogP contribution in [0.5, 0.6) is 0 Å². The molecule has 0 aliphatic rings. The third kappa shape index (κ3) is 4.86. The van der Waals surface area contributed by atoms with Crippen molar-refractivity contribution in [2.45, 2.75) is 39.2 Å². The zero-order valence-corrected chi connectivity index (χ0v) is 12.6. The topological polar surface area (TPSA) is 92.4 Å². The first-order valence-corrected chi connectivity index (χ1v) is 7.20. The molecule has 1 unspecified atom stereocenters. The number of amides is 1. The summed E-state index contributed by atoms with van der Waals surface area (Å²) in [7, 11) is 0. The van der Waals surface area contributed by atoms with E-state index in [0.29, 0.717) is 19.3 Å². The average molecular weight is 292 g/mol. The Morgan fingerprint density at radius 2 is 1.95 bits per heavy atom. The molecule has 0 aliphatic heterocycles. The number of rotatable bonds is 8. The molecule has 0 spiro atoms. The van der Waals surface area contributed by atoms with E-state index in [1.54, 1.807) is 6.92 Å². The summed E-state index contributed by atoms with van der Waals surface area (Å²) in [6, 6.07) is 8.72. The molecule has 0 aromatic heterocycles. The molecule has 1 rings (SSSR count). The van der Waals surface area contributed by atoms with E-state index >= 15 is 0 Å². The molecule has 0 saturated carbocycles. The molecule has 116 valence electrons. The van der Waals surface area contributed by atoms with Gasteiger partial charge in [0.05, 0.1) is 5.41 Å². The standard InChI is InChI=1S/C16H24N2O3/c1-3-16(2,11-17)15(21)18-13(14(19)20)10-9-12-7-5-4-6-8-12/h4-8,13H,3,9-11,17H2,1-2H3,(H,18,21)(H,19,20)/t13-,16?/m0/s1. The Balaban J connectivity index is 2.66. The van der Waals surface area contributed by atoms with Gasteiger partial charge in [-0.2, -0.15) is 0 Å². The van der Waals surface area contributed by atoms with Gasteiger partial charge in [-0.1, -0.05) is 37.3 Å². The molecule has 4 N–H and O–H groups in total. The van der Waals surface area contributed by atoms with Crippen molar-refractivity contribution in [1.82, 2.24) is 5.32 Å². The molecule has 0 radical (unpaired) electrons. The second kappa shape index (κ2) is 7.78. The van der Waals surface area contributed by atoms with Crippen molar-refractivity contribution >= 4 is 11.9 Å². The summed E-state index contributed by atoms with van der Waals surface area (Å²) in [4.78, 5) is 23.5. The van der Waals surface area contributed by atoms with Crippen LogP contribution >= 0.6 is 0 Å². The largest absolute Gasteiger partial charge is 0.480 e. The van der Waals surface area contributed by atoms with E-state index in [0.717, 1.165) is 5.56 Å². The van der Waals surface area contributed by atoms with Gasteiger partial charge in [-0.05, 0) is 31.7 Å². The van der Waals surface area contributed by atoms with Crippen LogP contribution in [0.1, 0.15) is 32.3 Å². The summed E-state index contributed by atoms with van der Waals surface area (Å²) in [6.45, 7) is 3.81. The number of carbonyl (C=O) groups excluding carboxylic acids is 1. The van der Waals surface area contributed by atoms with E-state index < -0.39 is 17.4 Å². The Kier molecular flexibility index (Phi) is 6.37. The normalized spacial score (nSPS) is 15.0. The lowest BCUT2D eigenvalue weighted by Crippen LogP contribution is -2.50. The van der Waals surface area contributed by atoms with Crippen LogP contribution in [0.4, 0.5) is 0 Å². The lowest BCUT2D eigenvalue weighted by atomic mass is 9.86. The first kappa shape index (κ1) is 17.2. The molecule has 21 heavy (non-hydrogen) atoms.